The van der Waals surface area contributed by atoms with Crippen LogP contribution in [-0.2, 0) is 0 Å². The van der Waals surface area contributed by atoms with Crippen LogP contribution in [0.2, 0.25) is 5.02 Å². The lowest BCUT2D eigenvalue weighted by Crippen LogP contribution is -2.38. The third-order valence-electron chi connectivity index (χ3n) is 2.87. The van der Waals surface area contributed by atoms with Gasteiger partial charge in [-0.15, -0.1) is 0 Å². The summed E-state index contributed by atoms with van der Waals surface area (Å²) in [5, 5.41) is 22.5. The number of ether oxygens (including phenoxy) is 1. The summed E-state index contributed by atoms with van der Waals surface area (Å²) in [6.07, 6.45) is 1.04. The molecule has 0 bridgehead atoms. The Hall–Kier alpha value is -0.810. The minimum Gasteiger partial charge on any atom is -0.491 e. The van der Waals surface area contributed by atoms with Gasteiger partial charge in [0.25, 0.3) is 0 Å². The van der Waals surface area contributed by atoms with Crippen molar-refractivity contribution >= 4 is 11.6 Å². The number of hydrogen-bond donors (Lipinski definition) is 3. The molecule has 0 fully saturated rings. The normalized spacial score (nSPS) is 14.1. The van der Waals surface area contributed by atoms with E-state index in [4.69, 9.17) is 21.4 Å². The molecule has 1 rings (SSSR count). The van der Waals surface area contributed by atoms with E-state index in [0.717, 1.165) is 6.42 Å². The highest BCUT2D eigenvalue weighted by Gasteiger charge is 2.09. The Balaban J connectivity index is 2.23. The van der Waals surface area contributed by atoms with Gasteiger partial charge in [0.05, 0.1) is 0 Å². The summed E-state index contributed by atoms with van der Waals surface area (Å²) in [6, 6.07) is 7.26. The van der Waals surface area contributed by atoms with Crippen molar-refractivity contribution in [2.45, 2.75) is 31.9 Å². The molecular formula is C14H22ClNO3. The highest BCUT2D eigenvalue weighted by atomic mass is 35.5. The Morgan fingerprint density at radius 1 is 1.32 bits per heavy atom. The first-order valence-corrected chi connectivity index (χ1v) is 6.94. The van der Waals surface area contributed by atoms with Gasteiger partial charge in [-0.25, -0.2) is 0 Å². The number of halogens is 1. The smallest absolute Gasteiger partial charge is 0.119 e. The predicted molar refractivity (Wildman–Crippen MR) is 76.7 cm³/mol. The van der Waals surface area contributed by atoms with Crippen LogP contribution < -0.4 is 10.1 Å². The molecule has 0 radical (unpaired) electrons. The van der Waals surface area contributed by atoms with E-state index in [0.29, 0.717) is 23.7 Å². The molecule has 0 saturated heterocycles. The van der Waals surface area contributed by atoms with E-state index in [1.54, 1.807) is 24.3 Å². The van der Waals surface area contributed by atoms with E-state index in [-0.39, 0.29) is 19.3 Å². The Bertz CT molecular complexity index is 345. The first kappa shape index (κ1) is 16.2. The molecule has 0 aromatic heterocycles. The molecule has 0 aliphatic rings. The molecule has 19 heavy (non-hydrogen) atoms. The van der Waals surface area contributed by atoms with Crippen molar-refractivity contribution in [2.24, 2.45) is 0 Å². The van der Waals surface area contributed by atoms with Gasteiger partial charge in [-0.3, -0.25) is 0 Å². The van der Waals surface area contributed by atoms with Crippen LogP contribution in [0.4, 0.5) is 0 Å². The standard InChI is InChI=1S/C14H22ClNO3/c1-2-12(7-8-17)16-9-13(18)10-19-14-5-3-11(15)4-6-14/h3-6,12-13,16-18H,2,7-10H2,1H3. The first-order chi connectivity index (χ1) is 9.15. The second-order valence-corrected chi connectivity index (χ2v) is 4.88. The third-order valence-corrected chi connectivity index (χ3v) is 3.12. The van der Waals surface area contributed by atoms with E-state index < -0.39 is 6.10 Å². The minimum atomic E-state index is -0.580. The maximum absolute atomic E-state index is 9.80. The lowest BCUT2D eigenvalue weighted by atomic mass is 10.1. The molecule has 2 atom stereocenters. The van der Waals surface area contributed by atoms with Crippen molar-refractivity contribution in [3.8, 4) is 5.75 Å². The molecule has 1 aromatic carbocycles. The monoisotopic (exact) mass is 287 g/mol. The topological polar surface area (TPSA) is 61.7 Å². The van der Waals surface area contributed by atoms with E-state index in [1.165, 1.54) is 0 Å². The van der Waals surface area contributed by atoms with Crippen LogP contribution in [0.25, 0.3) is 0 Å². The molecule has 0 aliphatic carbocycles. The van der Waals surface area contributed by atoms with Gasteiger partial charge in [-0.2, -0.15) is 0 Å². The molecular weight excluding hydrogens is 266 g/mol. The maximum atomic E-state index is 9.80. The van der Waals surface area contributed by atoms with E-state index in [2.05, 4.69) is 5.32 Å². The quantitative estimate of drug-likeness (QED) is 0.648. The Labute approximate surface area is 119 Å². The molecule has 0 amide bonds. The number of rotatable bonds is 9. The molecule has 5 heteroatoms. The fraction of sp³-hybridized carbons (Fsp3) is 0.571. The largest absolute Gasteiger partial charge is 0.491 e. The van der Waals surface area contributed by atoms with Crippen molar-refractivity contribution < 1.29 is 14.9 Å². The predicted octanol–water partition coefficient (Wildman–Crippen LogP) is 1.83. The summed E-state index contributed by atoms with van der Waals surface area (Å²) < 4.78 is 5.45. The number of nitrogens with one attached hydrogen (secondary N) is 1. The fourth-order valence-electron chi connectivity index (χ4n) is 1.69. The number of benzene rings is 1. The molecule has 0 saturated carbocycles. The average molecular weight is 288 g/mol. The molecule has 0 aliphatic heterocycles. The van der Waals surface area contributed by atoms with Gasteiger partial charge in [-0.1, -0.05) is 18.5 Å². The van der Waals surface area contributed by atoms with Gasteiger partial charge >= 0.3 is 0 Å². The van der Waals surface area contributed by atoms with E-state index in [9.17, 15) is 5.11 Å². The van der Waals surface area contributed by atoms with Crippen molar-refractivity contribution in [3.05, 3.63) is 29.3 Å². The van der Waals surface area contributed by atoms with E-state index in [1.807, 2.05) is 6.92 Å². The van der Waals surface area contributed by atoms with Crippen LogP contribution in [0.1, 0.15) is 19.8 Å². The molecule has 2 unspecified atom stereocenters. The highest BCUT2D eigenvalue weighted by molar-refractivity contribution is 6.30. The maximum Gasteiger partial charge on any atom is 0.119 e. The van der Waals surface area contributed by atoms with Crippen molar-refractivity contribution in [2.75, 3.05) is 19.8 Å². The zero-order valence-electron chi connectivity index (χ0n) is 11.2. The summed E-state index contributed by atoms with van der Waals surface area (Å²) in [6.45, 7) is 2.88. The number of hydrogen-bond acceptors (Lipinski definition) is 4. The Morgan fingerprint density at radius 3 is 2.58 bits per heavy atom. The summed E-state index contributed by atoms with van der Waals surface area (Å²) in [5.74, 6) is 0.686. The summed E-state index contributed by atoms with van der Waals surface area (Å²) in [7, 11) is 0. The van der Waals surface area contributed by atoms with E-state index >= 15 is 0 Å². The van der Waals surface area contributed by atoms with Gasteiger partial charge in [0, 0.05) is 24.2 Å². The van der Waals surface area contributed by atoms with Crippen LogP contribution in [0.3, 0.4) is 0 Å². The second-order valence-electron chi connectivity index (χ2n) is 4.44. The van der Waals surface area contributed by atoms with Crippen LogP contribution in [-0.4, -0.2) is 42.1 Å². The first-order valence-electron chi connectivity index (χ1n) is 6.56. The fourth-order valence-corrected chi connectivity index (χ4v) is 1.82. The summed E-state index contributed by atoms with van der Waals surface area (Å²) >= 11 is 5.77. The summed E-state index contributed by atoms with van der Waals surface area (Å²) in [5.41, 5.74) is 0. The molecule has 0 heterocycles. The van der Waals surface area contributed by atoms with Gasteiger partial charge in [-0.05, 0) is 37.1 Å². The lowest BCUT2D eigenvalue weighted by Gasteiger charge is -2.19. The number of aliphatic hydroxyl groups is 2. The molecule has 108 valence electrons. The number of aliphatic hydroxyl groups excluding tert-OH is 2. The molecule has 4 nitrogen and oxygen atoms in total. The average Bonchev–Trinajstić information content (AvgIpc) is 2.42. The van der Waals surface area contributed by atoms with Crippen LogP contribution in [0.5, 0.6) is 5.75 Å². The molecule has 0 spiro atoms. The zero-order valence-corrected chi connectivity index (χ0v) is 11.9. The van der Waals surface area contributed by atoms with Crippen molar-refractivity contribution in [1.29, 1.82) is 0 Å². The Kier molecular flexibility index (Phi) is 7.82. The highest BCUT2D eigenvalue weighted by Crippen LogP contribution is 2.15. The van der Waals surface area contributed by atoms with Crippen molar-refractivity contribution in [1.82, 2.24) is 5.32 Å². The molecule has 3 N–H and O–H groups in total. The second kappa shape index (κ2) is 9.15. The lowest BCUT2D eigenvalue weighted by molar-refractivity contribution is 0.102. The SMILES string of the molecule is CCC(CCO)NCC(O)COc1ccc(Cl)cc1. The van der Waals surface area contributed by atoms with Gasteiger partial charge in [0.15, 0.2) is 0 Å². The van der Waals surface area contributed by atoms with Crippen LogP contribution in [0, 0.1) is 0 Å². The minimum absolute atomic E-state index is 0.156. The Morgan fingerprint density at radius 2 is 2.00 bits per heavy atom. The van der Waals surface area contributed by atoms with Crippen LogP contribution in [0.15, 0.2) is 24.3 Å². The van der Waals surface area contributed by atoms with Gasteiger partial charge < -0.3 is 20.3 Å². The van der Waals surface area contributed by atoms with Crippen molar-refractivity contribution in [3.63, 3.8) is 0 Å². The van der Waals surface area contributed by atoms with Gasteiger partial charge in [0.1, 0.15) is 18.5 Å². The van der Waals surface area contributed by atoms with Gasteiger partial charge in [0.2, 0.25) is 0 Å². The molecule has 1 aromatic rings. The zero-order chi connectivity index (χ0) is 14.1. The summed E-state index contributed by atoms with van der Waals surface area (Å²) in [4.78, 5) is 0. The third kappa shape index (κ3) is 6.78. The van der Waals surface area contributed by atoms with Crippen LogP contribution >= 0.6 is 11.6 Å².